The van der Waals surface area contributed by atoms with Crippen molar-refractivity contribution in [1.29, 1.82) is 0 Å². The minimum atomic E-state index is -0.488. The molecule has 0 aliphatic rings. The summed E-state index contributed by atoms with van der Waals surface area (Å²) in [4.78, 5) is 19.9. The molecule has 9 heteroatoms. The van der Waals surface area contributed by atoms with Gasteiger partial charge in [0.1, 0.15) is 11.5 Å². The van der Waals surface area contributed by atoms with Crippen molar-refractivity contribution in [2.24, 2.45) is 5.92 Å². The molecular formula is C21H22ClN5O3. The number of aromatic nitrogens is 2. The smallest absolute Gasteiger partial charge is 0.292 e. The molecule has 0 aliphatic heterocycles. The maximum absolute atomic E-state index is 11.4. The molecule has 2 aromatic carbocycles. The minimum absolute atomic E-state index is 0.0842. The van der Waals surface area contributed by atoms with E-state index in [1.807, 2.05) is 44.2 Å². The van der Waals surface area contributed by atoms with Crippen molar-refractivity contribution in [3.05, 3.63) is 69.7 Å². The van der Waals surface area contributed by atoms with Crippen LogP contribution in [0.4, 0.5) is 23.1 Å². The lowest BCUT2D eigenvalue weighted by molar-refractivity contribution is -0.383. The van der Waals surface area contributed by atoms with Crippen molar-refractivity contribution in [3.8, 4) is 11.3 Å². The molecule has 0 saturated heterocycles. The second kappa shape index (κ2) is 9.51. The SMILES string of the molecule is CC(C)[C@H](CO)Nc1nc(Nc2cc(Cl)ccc2[N+](=O)[O-])cc(-c2ccccc2)n1. The average molecular weight is 428 g/mol. The molecule has 0 spiro atoms. The van der Waals surface area contributed by atoms with E-state index in [9.17, 15) is 15.2 Å². The van der Waals surface area contributed by atoms with Gasteiger partial charge in [0.25, 0.3) is 5.69 Å². The van der Waals surface area contributed by atoms with E-state index in [2.05, 4.69) is 20.6 Å². The lowest BCUT2D eigenvalue weighted by atomic mass is 10.1. The zero-order chi connectivity index (χ0) is 21.7. The van der Waals surface area contributed by atoms with Gasteiger partial charge in [-0.15, -0.1) is 0 Å². The summed E-state index contributed by atoms with van der Waals surface area (Å²) >= 11 is 6.03. The van der Waals surface area contributed by atoms with Gasteiger partial charge in [0.05, 0.1) is 23.3 Å². The monoisotopic (exact) mass is 427 g/mol. The second-order valence-corrected chi connectivity index (χ2v) is 7.49. The summed E-state index contributed by atoms with van der Waals surface area (Å²) in [5.74, 6) is 0.804. The third kappa shape index (κ3) is 5.22. The number of hydrogen-bond donors (Lipinski definition) is 3. The van der Waals surface area contributed by atoms with Gasteiger partial charge in [-0.2, -0.15) is 4.98 Å². The lowest BCUT2D eigenvalue weighted by Gasteiger charge is -2.20. The van der Waals surface area contributed by atoms with Crippen LogP contribution in [0, 0.1) is 16.0 Å². The van der Waals surface area contributed by atoms with Gasteiger partial charge < -0.3 is 15.7 Å². The first-order valence-electron chi connectivity index (χ1n) is 9.40. The van der Waals surface area contributed by atoms with E-state index >= 15 is 0 Å². The summed E-state index contributed by atoms with van der Waals surface area (Å²) in [5.41, 5.74) is 1.58. The normalized spacial score (nSPS) is 11.9. The molecule has 156 valence electrons. The number of nitrogens with one attached hydrogen (secondary N) is 2. The third-order valence-corrected chi connectivity index (χ3v) is 4.76. The van der Waals surface area contributed by atoms with Crippen LogP contribution in [0.2, 0.25) is 5.02 Å². The van der Waals surface area contributed by atoms with Gasteiger partial charge in [-0.05, 0) is 18.1 Å². The van der Waals surface area contributed by atoms with Crippen molar-refractivity contribution in [1.82, 2.24) is 9.97 Å². The Morgan fingerprint density at radius 3 is 2.50 bits per heavy atom. The number of anilines is 3. The summed E-state index contributed by atoms with van der Waals surface area (Å²) in [6, 6.07) is 15.2. The highest BCUT2D eigenvalue weighted by molar-refractivity contribution is 6.31. The molecule has 1 aromatic heterocycles. The van der Waals surface area contributed by atoms with Crippen molar-refractivity contribution >= 4 is 34.7 Å². The third-order valence-electron chi connectivity index (χ3n) is 4.53. The lowest BCUT2D eigenvalue weighted by Crippen LogP contribution is -2.30. The molecule has 30 heavy (non-hydrogen) atoms. The standard InChI is InChI=1S/C21H22ClN5O3/c1-13(2)18(12-28)25-21-24-16(14-6-4-3-5-7-14)11-20(26-21)23-17-10-15(22)8-9-19(17)27(29)30/h3-11,13,18,28H,12H2,1-2H3,(H2,23,24,25,26)/t18-/m0/s1. The molecule has 3 aromatic rings. The van der Waals surface area contributed by atoms with Crippen LogP contribution in [0.5, 0.6) is 0 Å². The summed E-state index contributed by atoms with van der Waals surface area (Å²) in [6.07, 6.45) is 0. The van der Waals surface area contributed by atoms with Crippen LogP contribution in [-0.4, -0.2) is 32.6 Å². The van der Waals surface area contributed by atoms with E-state index in [0.717, 1.165) is 5.56 Å². The van der Waals surface area contributed by atoms with Gasteiger partial charge >= 0.3 is 0 Å². The number of benzene rings is 2. The van der Waals surface area contributed by atoms with E-state index in [-0.39, 0.29) is 29.9 Å². The van der Waals surface area contributed by atoms with Gasteiger partial charge in [0.15, 0.2) is 0 Å². The number of nitrogens with zero attached hydrogens (tertiary/aromatic N) is 3. The summed E-state index contributed by atoms with van der Waals surface area (Å²) in [5, 5.41) is 27.5. The first kappa shape index (κ1) is 21.5. The minimum Gasteiger partial charge on any atom is -0.394 e. The molecule has 0 saturated carbocycles. The first-order chi connectivity index (χ1) is 14.4. The van der Waals surface area contributed by atoms with Crippen LogP contribution >= 0.6 is 11.6 Å². The van der Waals surface area contributed by atoms with Crippen molar-refractivity contribution < 1.29 is 10.0 Å². The van der Waals surface area contributed by atoms with E-state index in [0.29, 0.717) is 22.5 Å². The van der Waals surface area contributed by atoms with E-state index in [4.69, 9.17) is 11.6 Å². The quantitative estimate of drug-likeness (QED) is 0.347. The van der Waals surface area contributed by atoms with Crippen LogP contribution in [-0.2, 0) is 0 Å². The summed E-state index contributed by atoms with van der Waals surface area (Å²) in [6.45, 7) is 3.87. The molecule has 3 N–H and O–H groups in total. The predicted octanol–water partition coefficient (Wildman–Crippen LogP) is 4.88. The van der Waals surface area contributed by atoms with E-state index in [1.54, 1.807) is 6.07 Å². The Kier molecular flexibility index (Phi) is 6.81. The highest BCUT2D eigenvalue weighted by Gasteiger charge is 2.18. The molecular weight excluding hydrogens is 406 g/mol. The van der Waals surface area contributed by atoms with Gasteiger partial charge in [-0.1, -0.05) is 55.8 Å². The molecule has 8 nitrogen and oxygen atoms in total. The molecule has 0 aliphatic carbocycles. The van der Waals surface area contributed by atoms with Crippen molar-refractivity contribution in [3.63, 3.8) is 0 Å². The van der Waals surface area contributed by atoms with Crippen LogP contribution in [0.1, 0.15) is 13.8 Å². The molecule has 3 rings (SSSR count). The maximum atomic E-state index is 11.4. The zero-order valence-electron chi connectivity index (χ0n) is 16.5. The van der Waals surface area contributed by atoms with Gasteiger partial charge in [0.2, 0.25) is 5.95 Å². The number of nitro benzene ring substituents is 1. The highest BCUT2D eigenvalue weighted by atomic mass is 35.5. The first-order valence-corrected chi connectivity index (χ1v) is 9.78. The van der Waals surface area contributed by atoms with E-state index < -0.39 is 4.92 Å². The number of nitro groups is 1. The number of aliphatic hydroxyl groups excluding tert-OH is 1. The molecule has 0 fully saturated rings. The number of rotatable bonds is 8. The Hall–Kier alpha value is -3.23. The Bertz CT molecular complexity index is 1030. The largest absolute Gasteiger partial charge is 0.394 e. The Morgan fingerprint density at radius 1 is 1.13 bits per heavy atom. The molecule has 0 bridgehead atoms. The van der Waals surface area contributed by atoms with Gasteiger partial charge in [-0.3, -0.25) is 10.1 Å². The molecule has 0 radical (unpaired) electrons. The Balaban J connectivity index is 2.04. The van der Waals surface area contributed by atoms with Crippen LogP contribution in [0.15, 0.2) is 54.6 Å². The van der Waals surface area contributed by atoms with Crippen molar-refractivity contribution in [2.45, 2.75) is 19.9 Å². The number of halogens is 1. The number of aliphatic hydroxyl groups is 1. The fourth-order valence-electron chi connectivity index (χ4n) is 2.83. The van der Waals surface area contributed by atoms with Crippen LogP contribution in [0.25, 0.3) is 11.3 Å². The zero-order valence-corrected chi connectivity index (χ0v) is 17.3. The summed E-state index contributed by atoms with van der Waals surface area (Å²) in [7, 11) is 0. The maximum Gasteiger partial charge on any atom is 0.292 e. The topological polar surface area (TPSA) is 113 Å². The van der Waals surface area contributed by atoms with Gasteiger partial charge in [0, 0.05) is 22.7 Å². The van der Waals surface area contributed by atoms with Crippen LogP contribution in [0.3, 0.4) is 0 Å². The van der Waals surface area contributed by atoms with Crippen molar-refractivity contribution in [2.75, 3.05) is 17.2 Å². The Morgan fingerprint density at radius 2 is 1.87 bits per heavy atom. The average Bonchev–Trinajstić information content (AvgIpc) is 2.72. The summed E-state index contributed by atoms with van der Waals surface area (Å²) < 4.78 is 0. The van der Waals surface area contributed by atoms with Gasteiger partial charge in [-0.25, -0.2) is 4.98 Å². The molecule has 1 heterocycles. The fraction of sp³-hybridized carbons (Fsp3) is 0.238. The Labute approximate surface area is 179 Å². The fourth-order valence-corrected chi connectivity index (χ4v) is 3.00. The van der Waals surface area contributed by atoms with Crippen LogP contribution < -0.4 is 10.6 Å². The highest BCUT2D eigenvalue weighted by Crippen LogP contribution is 2.31. The van der Waals surface area contributed by atoms with E-state index in [1.165, 1.54) is 18.2 Å². The predicted molar refractivity (Wildman–Crippen MR) is 118 cm³/mol. The molecule has 1 atom stereocenters. The second-order valence-electron chi connectivity index (χ2n) is 7.05. The molecule has 0 amide bonds. The molecule has 0 unspecified atom stereocenters. The number of hydrogen-bond acceptors (Lipinski definition) is 7.